The third kappa shape index (κ3) is 3.51. The molecule has 1 fully saturated rings. The van der Waals surface area contributed by atoms with Gasteiger partial charge in [-0.05, 0) is 5.56 Å². The third-order valence-electron chi connectivity index (χ3n) is 3.13. The van der Waals surface area contributed by atoms with Crippen LogP contribution < -0.4 is 5.32 Å². The second-order valence-corrected chi connectivity index (χ2v) is 4.53. The van der Waals surface area contributed by atoms with Crippen molar-refractivity contribution in [3.8, 4) is 0 Å². The number of hydrogen-bond donors (Lipinski definition) is 3. The molecule has 0 saturated carbocycles. The van der Waals surface area contributed by atoms with E-state index >= 15 is 0 Å². The Morgan fingerprint density at radius 2 is 2.00 bits per heavy atom. The van der Waals surface area contributed by atoms with E-state index in [4.69, 9.17) is 5.11 Å². The Hall–Kier alpha value is -0.940. The van der Waals surface area contributed by atoms with E-state index in [1.807, 2.05) is 18.2 Å². The summed E-state index contributed by atoms with van der Waals surface area (Å²) in [6.45, 7) is 3.05. The summed E-state index contributed by atoms with van der Waals surface area (Å²) in [5, 5.41) is 21.8. The third-order valence-corrected chi connectivity index (χ3v) is 3.13. The average Bonchev–Trinajstić information content (AvgIpc) is 2.68. The molecule has 1 saturated heterocycles. The SMILES string of the molecule is OCCN[C@@H]1CN(Cc2ccccc2)C[C@H]1O. The van der Waals surface area contributed by atoms with Crippen molar-refractivity contribution >= 4 is 0 Å². The number of likely N-dealkylation sites (tertiary alicyclic amines) is 1. The van der Waals surface area contributed by atoms with E-state index in [0.717, 1.165) is 13.1 Å². The summed E-state index contributed by atoms with van der Waals surface area (Å²) in [4.78, 5) is 2.23. The van der Waals surface area contributed by atoms with Crippen LogP contribution in [-0.4, -0.2) is 53.5 Å². The van der Waals surface area contributed by atoms with Gasteiger partial charge in [0.05, 0.1) is 12.7 Å². The van der Waals surface area contributed by atoms with Crippen molar-refractivity contribution in [2.75, 3.05) is 26.2 Å². The Labute approximate surface area is 102 Å². The van der Waals surface area contributed by atoms with Crippen molar-refractivity contribution in [2.45, 2.75) is 18.7 Å². The van der Waals surface area contributed by atoms with Gasteiger partial charge in [0.1, 0.15) is 0 Å². The predicted octanol–water partition coefficient (Wildman–Crippen LogP) is -0.186. The van der Waals surface area contributed by atoms with Crippen LogP contribution in [0, 0.1) is 0 Å². The molecule has 4 nitrogen and oxygen atoms in total. The maximum Gasteiger partial charge on any atom is 0.0832 e. The first-order valence-corrected chi connectivity index (χ1v) is 6.08. The van der Waals surface area contributed by atoms with Gasteiger partial charge >= 0.3 is 0 Å². The molecule has 17 heavy (non-hydrogen) atoms. The van der Waals surface area contributed by atoms with Crippen LogP contribution in [-0.2, 0) is 6.54 Å². The molecule has 2 atom stereocenters. The lowest BCUT2D eigenvalue weighted by Gasteiger charge is -2.16. The summed E-state index contributed by atoms with van der Waals surface area (Å²) in [6.07, 6.45) is -0.342. The lowest BCUT2D eigenvalue weighted by atomic mass is 10.2. The molecule has 0 aliphatic carbocycles. The molecule has 1 aliphatic rings. The summed E-state index contributed by atoms with van der Waals surface area (Å²) in [6, 6.07) is 10.3. The Kier molecular flexibility index (Phi) is 4.50. The maximum atomic E-state index is 9.88. The lowest BCUT2D eigenvalue weighted by molar-refractivity contribution is 0.150. The Morgan fingerprint density at radius 1 is 1.24 bits per heavy atom. The van der Waals surface area contributed by atoms with E-state index in [0.29, 0.717) is 13.1 Å². The van der Waals surface area contributed by atoms with Crippen molar-refractivity contribution in [1.82, 2.24) is 10.2 Å². The zero-order chi connectivity index (χ0) is 12.1. The number of nitrogens with zero attached hydrogens (tertiary/aromatic N) is 1. The number of nitrogens with one attached hydrogen (secondary N) is 1. The van der Waals surface area contributed by atoms with Crippen LogP contribution in [0.4, 0.5) is 0 Å². The van der Waals surface area contributed by atoms with Crippen LogP contribution >= 0.6 is 0 Å². The molecule has 1 heterocycles. The average molecular weight is 236 g/mol. The van der Waals surface area contributed by atoms with Gasteiger partial charge in [-0.25, -0.2) is 0 Å². The van der Waals surface area contributed by atoms with E-state index in [-0.39, 0.29) is 18.8 Å². The van der Waals surface area contributed by atoms with E-state index < -0.39 is 0 Å². The zero-order valence-electron chi connectivity index (χ0n) is 9.92. The fourth-order valence-corrected chi connectivity index (χ4v) is 2.29. The number of benzene rings is 1. The summed E-state index contributed by atoms with van der Waals surface area (Å²) in [5.74, 6) is 0. The number of aliphatic hydroxyl groups excluding tert-OH is 2. The highest BCUT2D eigenvalue weighted by molar-refractivity contribution is 5.14. The quantitative estimate of drug-likeness (QED) is 0.663. The largest absolute Gasteiger partial charge is 0.395 e. The molecule has 4 heteroatoms. The monoisotopic (exact) mass is 236 g/mol. The standard InChI is InChI=1S/C13H20N2O2/c16-7-6-14-12-9-15(10-13(12)17)8-11-4-2-1-3-5-11/h1-5,12-14,16-17H,6-10H2/t12-,13-/m1/s1. The number of hydrogen-bond acceptors (Lipinski definition) is 4. The van der Waals surface area contributed by atoms with Crippen molar-refractivity contribution in [3.05, 3.63) is 35.9 Å². The highest BCUT2D eigenvalue weighted by Crippen LogP contribution is 2.13. The molecule has 94 valence electrons. The molecule has 1 aromatic rings. The van der Waals surface area contributed by atoms with Gasteiger partial charge < -0.3 is 15.5 Å². The number of rotatable bonds is 5. The minimum absolute atomic E-state index is 0.0749. The first kappa shape index (κ1) is 12.5. The normalized spacial score (nSPS) is 25.3. The molecule has 0 amide bonds. The van der Waals surface area contributed by atoms with E-state index in [2.05, 4.69) is 22.3 Å². The molecule has 0 bridgehead atoms. The van der Waals surface area contributed by atoms with E-state index in [9.17, 15) is 5.11 Å². The van der Waals surface area contributed by atoms with Gasteiger partial charge in [-0.15, -0.1) is 0 Å². The summed E-state index contributed by atoms with van der Waals surface area (Å²) in [5.41, 5.74) is 1.27. The topological polar surface area (TPSA) is 55.7 Å². The van der Waals surface area contributed by atoms with Crippen LogP contribution in [0.25, 0.3) is 0 Å². The van der Waals surface area contributed by atoms with Gasteiger partial charge in [-0.1, -0.05) is 30.3 Å². The molecular weight excluding hydrogens is 216 g/mol. The van der Waals surface area contributed by atoms with Crippen LogP contribution in [0.3, 0.4) is 0 Å². The van der Waals surface area contributed by atoms with Gasteiger partial charge in [0.25, 0.3) is 0 Å². The minimum Gasteiger partial charge on any atom is -0.395 e. The van der Waals surface area contributed by atoms with E-state index in [1.165, 1.54) is 5.56 Å². The van der Waals surface area contributed by atoms with Gasteiger partial charge in [-0.3, -0.25) is 4.90 Å². The summed E-state index contributed by atoms with van der Waals surface area (Å²) >= 11 is 0. The van der Waals surface area contributed by atoms with Crippen LogP contribution in [0.2, 0.25) is 0 Å². The van der Waals surface area contributed by atoms with Crippen molar-refractivity contribution in [3.63, 3.8) is 0 Å². The molecule has 1 aromatic carbocycles. The van der Waals surface area contributed by atoms with Crippen LogP contribution in [0.5, 0.6) is 0 Å². The summed E-state index contributed by atoms with van der Waals surface area (Å²) < 4.78 is 0. The molecule has 2 rings (SSSR count). The Bertz CT molecular complexity index is 331. The fraction of sp³-hybridized carbons (Fsp3) is 0.538. The fourth-order valence-electron chi connectivity index (χ4n) is 2.29. The Balaban J connectivity index is 1.84. The molecule has 0 radical (unpaired) electrons. The van der Waals surface area contributed by atoms with Gasteiger partial charge in [0.15, 0.2) is 0 Å². The summed E-state index contributed by atoms with van der Waals surface area (Å²) in [7, 11) is 0. The highest BCUT2D eigenvalue weighted by atomic mass is 16.3. The molecular formula is C13H20N2O2. The molecule has 0 unspecified atom stereocenters. The number of β-amino-alcohol motifs (C(OH)–C–C–N with tert-alkyl or cyclic N) is 1. The first-order valence-electron chi connectivity index (χ1n) is 6.08. The molecule has 0 spiro atoms. The van der Waals surface area contributed by atoms with Crippen LogP contribution in [0.1, 0.15) is 5.56 Å². The minimum atomic E-state index is -0.342. The van der Waals surface area contributed by atoms with Gasteiger partial charge in [0, 0.05) is 32.2 Å². The second kappa shape index (κ2) is 6.12. The highest BCUT2D eigenvalue weighted by Gasteiger charge is 2.30. The zero-order valence-corrected chi connectivity index (χ0v) is 9.92. The number of aliphatic hydroxyl groups is 2. The van der Waals surface area contributed by atoms with Gasteiger partial charge in [-0.2, -0.15) is 0 Å². The predicted molar refractivity (Wildman–Crippen MR) is 66.6 cm³/mol. The van der Waals surface area contributed by atoms with Crippen molar-refractivity contribution in [2.24, 2.45) is 0 Å². The van der Waals surface area contributed by atoms with Crippen LogP contribution in [0.15, 0.2) is 30.3 Å². The van der Waals surface area contributed by atoms with Crippen molar-refractivity contribution in [1.29, 1.82) is 0 Å². The van der Waals surface area contributed by atoms with E-state index in [1.54, 1.807) is 0 Å². The van der Waals surface area contributed by atoms with Gasteiger partial charge in [0.2, 0.25) is 0 Å². The smallest absolute Gasteiger partial charge is 0.0832 e. The lowest BCUT2D eigenvalue weighted by Crippen LogP contribution is -2.40. The maximum absolute atomic E-state index is 9.88. The first-order chi connectivity index (χ1) is 8.29. The van der Waals surface area contributed by atoms with Crippen molar-refractivity contribution < 1.29 is 10.2 Å². The molecule has 0 aromatic heterocycles. The molecule has 3 N–H and O–H groups in total. The second-order valence-electron chi connectivity index (χ2n) is 4.53. The Morgan fingerprint density at radius 3 is 2.71 bits per heavy atom. The molecule has 1 aliphatic heterocycles.